The third kappa shape index (κ3) is 3.26. The zero-order chi connectivity index (χ0) is 15.4. The Balaban J connectivity index is 2.33. The average Bonchev–Trinajstić information content (AvgIpc) is 2.85. The maximum Gasteiger partial charge on any atom is 0.339 e. The monoisotopic (exact) mass is 308 g/mol. The van der Waals surface area contributed by atoms with Crippen molar-refractivity contribution >= 4 is 29.2 Å². The number of hydrogen-bond acceptors (Lipinski definition) is 4. The van der Waals surface area contributed by atoms with E-state index in [2.05, 4.69) is 10.0 Å². The highest BCUT2D eigenvalue weighted by atomic mass is 35.5. The molecule has 1 fully saturated rings. The van der Waals surface area contributed by atoms with Crippen molar-refractivity contribution in [2.75, 3.05) is 25.1 Å². The minimum Gasteiger partial charge on any atom is -0.465 e. The first-order chi connectivity index (χ1) is 10.1. The molecular weight excluding hydrogens is 296 g/mol. The van der Waals surface area contributed by atoms with Crippen LogP contribution >= 0.6 is 11.6 Å². The van der Waals surface area contributed by atoms with E-state index < -0.39 is 5.97 Å². The van der Waals surface area contributed by atoms with Gasteiger partial charge in [-0.25, -0.2) is 4.79 Å². The number of hydrogen-bond donors (Lipinski definition) is 0. The maximum absolute atomic E-state index is 12.1. The van der Waals surface area contributed by atoms with E-state index in [0.29, 0.717) is 17.3 Å². The molecule has 0 spiro atoms. The van der Waals surface area contributed by atoms with Crippen LogP contribution in [-0.2, 0) is 9.53 Å². The lowest BCUT2D eigenvalue weighted by atomic mass is 10.1. The van der Waals surface area contributed by atoms with Gasteiger partial charge in [0.05, 0.1) is 18.4 Å². The van der Waals surface area contributed by atoms with Gasteiger partial charge in [0, 0.05) is 29.4 Å². The first-order valence-corrected chi connectivity index (χ1v) is 6.63. The van der Waals surface area contributed by atoms with E-state index in [4.69, 9.17) is 21.9 Å². The molecule has 1 aliphatic heterocycles. The van der Waals surface area contributed by atoms with Gasteiger partial charge in [-0.3, -0.25) is 4.79 Å². The van der Waals surface area contributed by atoms with Gasteiger partial charge in [0.15, 0.2) is 0 Å². The van der Waals surface area contributed by atoms with Gasteiger partial charge in [-0.05, 0) is 29.6 Å². The van der Waals surface area contributed by atoms with Crippen molar-refractivity contribution in [3.8, 4) is 0 Å². The second kappa shape index (κ2) is 6.47. The number of azide groups is 1. The molecule has 0 aliphatic carbocycles. The maximum atomic E-state index is 12.1. The van der Waals surface area contributed by atoms with E-state index in [0.717, 1.165) is 0 Å². The molecule has 1 unspecified atom stereocenters. The molecule has 7 nitrogen and oxygen atoms in total. The van der Waals surface area contributed by atoms with Crippen LogP contribution in [0.1, 0.15) is 16.8 Å². The van der Waals surface area contributed by atoms with E-state index in [1.807, 2.05) is 0 Å². The lowest BCUT2D eigenvalue weighted by Gasteiger charge is -2.19. The summed E-state index contributed by atoms with van der Waals surface area (Å²) in [5.41, 5.74) is 9.04. The van der Waals surface area contributed by atoms with Crippen molar-refractivity contribution in [1.82, 2.24) is 0 Å². The molecule has 0 aromatic heterocycles. The molecule has 1 aromatic rings. The van der Waals surface area contributed by atoms with Crippen molar-refractivity contribution in [1.29, 1.82) is 0 Å². The van der Waals surface area contributed by atoms with Crippen LogP contribution in [0.5, 0.6) is 0 Å². The van der Waals surface area contributed by atoms with E-state index in [9.17, 15) is 9.59 Å². The lowest BCUT2D eigenvalue weighted by Crippen LogP contribution is -2.27. The number of carbonyl (C=O) groups is 2. The normalized spacial score (nSPS) is 17.5. The summed E-state index contributed by atoms with van der Waals surface area (Å²) >= 11 is 5.95. The van der Waals surface area contributed by atoms with Crippen LogP contribution in [0.3, 0.4) is 0 Å². The zero-order valence-electron chi connectivity index (χ0n) is 11.3. The minimum atomic E-state index is -0.534. The SMILES string of the molecule is COC(=O)c1ccc(Cl)cc1N1CC(CN=[N+]=[N-])CC1=O. The first kappa shape index (κ1) is 15.2. The number of benzene rings is 1. The molecule has 1 amide bonds. The Morgan fingerprint density at radius 2 is 2.38 bits per heavy atom. The number of methoxy groups -OCH3 is 1. The van der Waals surface area contributed by atoms with Crippen LogP contribution in [0.4, 0.5) is 5.69 Å². The summed E-state index contributed by atoms with van der Waals surface area (Å²) in [6.45, 7) is 0.620. The second-order valence-electron chi connectivity index (χ2n) is 4.64. The van der Waals surface area contributed by atoms with Crippen molar-refractivity contribution in [3.63, 3.8) is 0 Å². The van der Waals surface area contributed by atoms with Gasteiger partial charge in [-0.15, -0.1) is 0 Å². The Morgan fingerprint density at radius 3 is 3.05 bits per heavy atom. The zero-order valence-corrected chi connectivity index (χ0v) is 12.1. The number of esters is 1. The first-order valence-electron chi connectivity index (χ1n) is 6.26. The van der Waals surface area contributed by atoms with Crippen LogP contribution < -0.4 is 4.90 Å². The van der Waals surface area contributed by atoms with Gasteiger partial charge < -0.3 is 9.64 Å². The van der Waals surface area contributed by atoms with Crippen molar-refractivity contribution in [2.24, 2.45) is 11.0 Å². The van der Waals surface area contributed by atoms with Crippen LogP contribution in [0.25, 0.3) is 10.4 Å². The summed E-state index contributed by atoms with van der Waals surface area (Å²) in [6.07, 6.45) is 0.270. The lowest BCUT2D eigenvalue weighted by molar-refractivity contribution is -0.117. The number of amides is 1. The van der Waals surface area contributed by atoms with Crippen molar-refractivity contribution in [2.45, 2.75) is 6.42 Å². The Morgan fingerprint density at radius 1 is 1.62 bits per heavy atom. The molecule has 110 valence electrons. The minimum absolute atomic E-state index is 0.0714. The number of ether oxygens (including phenoxy) is 1. The summed E-state index contributed by atoms with van der Waals surface area (Å²) in [7, 11) is 1.27. The number of halogens is 1. The summed E-state index contributed by atoms with van der Waals surface area (Å²) in [5.74, 6) is -0.744. The Bertz CT molecular complexity index is 628. The van der Waals surface area contributed by atoms with Crippen LogP contribution in [0.2, 0.25) is 5.02 Å². The number of nitrogens with zero attached hydrogens (tertiary/aromatic N) is 4. The molecule has 0 bridgehead atoms. The van der Waals surface area contributed by atoms with Crippen molar-refractivity contribution < 1.29 is 14.3 Å². The van der Waals surface area contributed by atoms with Gasteiger partial charge in [0.25, 0.3) is 0 Å². The molecule has 8 heteroatoms. The predicted molar refractivity (Wildman–Crippen MR) is 77.3 cm³/mol. The summed E-state index contributed by atoms with van der Waals surface area (Å²) in [4.78, 5) is 28.1. The average molecular weight is 309 g/mol. The van der Waals surface area contributed by atoms with Crippen molar-refractivity contribution in [3.05, 3.63) is 39.2 Å². The molecule has 2 rings (SSSR count). The van der Waals surface area contributed by atoms with Gasteiger partial charge >= 0.3 is 5.97 Å². The molecule has 0 N–H and O–H groups in total. The van der Waals surface area contributed by atoms with E-state index in [-0.39, 0.29) is 30.4 Å². The molecule has 21 heavy (non-hydrogen) atoms. The van der Waals surface area contributed by atoms with Crippen LogP contribution in [0, 0.1) is 5.92 Å². The van der Waals surface area contributed by atoms with Gasteiger partial charge in [0.2, 0.25) is 5.91 Å². The highest BCUT2D eigenvalue weighted by molar-refractivity contribution is 6.31. The smallest absolute Gasteiger partial charge is 0.339 e. The molecule has 1 heterocycles. The van der Waals surface area contributed by atoms with Gasteiger partial charge in [-0.1, -0.05) is 16.7 Å². The Kier molecular flexibility index (Phi) is 4.67. The van der Waals surface area contributed by atoms with E-state index >= 15 is 0 Å². The molecule has 0 radical (unpaired) electrons. The summed E-state index contributed by atoms with van der Waals surface area (Å²) in [6, 6.07) is 4.65. The molecule has 1 atom stereocenters. The molecular formula is C13H13ClN4O3. The van der Waals surface area contributed by atoms with E-state index in [1.54, 1.807) is 12.1 Å². The highest BCUT2D eigenvalue weighted by Crippen LogP contribution is 2.31. The largest absolute Gasteiger partial charge is 0.465 e. The fourth-order valence-electron chi connectivity index (χ4n) is 2.30. The van der Waals surface area contributed by atoms with Crippen LogP contribution in [-0.4, -0.2) is 32.1 Å². The number of carbonyl (C=O) groups excluding carboxylic acids is 2. The van der Waals surface area contributed by atoms with Gasteiger partial charge in [-0.2, -0.15) is 0 Å². The van der Waals surface area contributed by atoms with Crippen LogP contribution in [0.15, 0.2) is 23.3 Å². The number of anilines is 1. The number of rotatable bonds is 4. The Hall–Kier alpha value is -2.24. The standard InChI is InChI=1S/C13H13ClN4O3/c1-21-13(20)10-3-2-9(14)5-11(10)18-7-8(4-12(18)19)6-16-17-15/h2-3,5,8H,4,6-7H2,1H3. The second-order valence-corrected chi connectivity index (χ2v) is 5.08. The van der Waals surface area contributed by atoms with Gasteiger partial charge in [0.1, 0.15) is 0 Å². The summed E-state index contributed by atoms with van der Waals surface area (Å²) < 4.78 is 4.72. The molecule has 1 saturated heterocycles. The fourth-order valence-corrected chi connectivity index (χ4v) is 2.47. The fraction of sp³-hybridized carbons (Fsp3) is 0.385. The third-order valence-electron chi connectivity index (χ3n) is 3.26. The van der Waals surface area contributed by atoms with E-state index in [1.165, 1.54) is 18.1 Å². The predicted octanol–water partition coefficient (Wildman–Crippen LogP) is 2.79. The highest BCUT2D eigenvalue weighted by Gasteiger charge is 2.32. The quantitative estimate of drug-likeness (QED) is 0.370. The molecule has 0 saturated carbocycles. The third-order valence-corrected chi connectivity index (χ3v) is 3.50. The molecule has 1 aliphatic rings. The topological polar surface area (TPSA) is 95.4 Å². The summed E-state index contributed by atoms with van der Waals surface area (Å²) in [5, 5.41) is 3.91. The Labute approximate surface area is 126 Å². The molecule has 1 aromatic carbocycles.